The maximum atomic E-state index is 11.5. The lowest BCUT2D eigenvalue weighted by Gasteiger charge is -2.04. The Morgan fingerprint density at radius 2 is 2.39 bits per heavy atom. The van der Waals surface area contributed by atoms with Crippen molar-refractivity contribution in [1.82, 2.24) is 24.7 Å². The fourth-order valence-electron chi connectivity index (χ4n) is 1.50. The summed E-state index contributed by atoms with van der Waals surface area (Å²) in [5.74, 6) is 0.544. The van der Waals surface area contributed by atoms with Crippen molar-refractivity contribution < 1.29 is 9.53 Å². The molecule has 96 valence electrons. The van der Waals surface area contributed by atoms with Crippen LogP contribution in [0.1, 0.15) is 23.2 Å². The zero-order chi connectivity index (χ0) is 13.0. The van der Waals surface area contributed by atoms with Gasteiger partial charge in [-0.25, -0.2) is 14.8 Å². The molecule has 2 rings (SSSR count). The molecule has 0 unspecified atom stereocenters. The first-order valence-electron chi connectivity index (χ1n) is 5.54. The quantitative estimate of drug-likeness (QED) is 0.722. The van der Waals surface area contributed by atoms with Crippen molar-refractivity contribution in [3.63, 3.8) is 0 Å². The number of ether oxygens (including phenoxy) is 1. The van der Waals surface area contributed by atoms with Crippen LogP contribution in [0.5, 0.6) is 0 Å². The average Bonchev–Trinajstić information content (AvgIpc) is 2.96. The topological polar surface area (TPSA) is 112 Å². The number of carbonyl (C=O) groups excluding carboxylic acids is 1. The molecule has 0 bridgehead atoms. The number of carbonyl (C=O) groups is 1. The molecular weight excluding hydrogens is 236 g/mol. The Labute approximate surface area is 103 Å². The molecule has 0 aliphatic heterocycles. The Bertz CT molecular complexity index is 518. The Hall–Kier alpha value is -2.38. The number of nitrogens with one attached hydrogen (secondary N) is 1. The summed E-state index contributed by atoms with van der Waals surface area (Å²) < 4.78 is 6.52. The third-order valence-corrected chi connectivity index (χ3v) is 2.40. The first-order chi connectivity index (χ1) is 8.72. The molecule has 8 nitrogen and oxygen atoms in total. The molecule has 0 radical (unpaired) electrons. The number of hydrogen-bond donors (Lipinski definition) is 2. The van der Waals surface area contributed by atoms with Gasteiger partial charge in [0.15, 0.2) is 5.69 Å². The fourth-order valence-corrected chi connectivity index (χ4v) is 1.50. The van der Waals surface area contributed by atoms with Crippen molar-refractivity contribution in [3.8, 4) is 0 Å². The smallest absolute Gasteiger partial charge is 0.360 e. The van der Waals surface area contributed by atoms with E-state index in [1.54, 1.807) is 11.5 Å². The molecule has 0 aromatic carbocycles. The maximum Gasteiger partial charge on any atom is 0.360 e. The molecular formula is C10H14N6O2. The molecule has 0 aliphatic carbocycles. The first kappa shape index (κ1) is 12.1. The maximum absolute atomic E-state index is 11.5. The third kappa shape index (κ3) is 2.47. The van der Waals surface area contributed by atoms with E-state index in [0.717, 1.165) is 5.82 Å². The second-order valence-electron chi connectivity index (χ2n) is 3.57. The average molecular weight is 250 g/mol. The molecule has 0 saturated carbocycles. The van der Waals surface area contributed by atoms with Gasteiger partial charge in [-0.3, -0.25) is 5.10 Å². The van der Waals surface area contributed by atoms with E-state index in [2.05, 4.69) is 20.2 Å². The Morgan fingerprint density at radius 1 is 1.56 bits per heavy atom. The van der Waals surface area contributed by atoms with Crippen LogP contribution in [0.3, 0.4) is 0 Å². The number of aryl methyl sites for hydroxylation is 2. The van der Waals surface area contributed by atoms with Crippen LogP contribution in [0.2, 0.25) is 0 Å². The van der Waals surface area contributed by atoms with Gasteiger partial charge in [-0.15, -0.1) is 0 Å². The highest BCUT2D eigenvalue weighted by molar-refractivity contribution is 5.92. The second kappa shape index (κ2) is 5.30. The van der Waals surface area contributed by atoms with E-state index in [1.165, 1.54) is 12.7 Å². The normalized spacial score (nSPS) is 10.5. The number of nitrogen functional groups attached to an aromatic ring is 1. The summed E-state index contributed by atoms with van der Waals surface area (Å²) >= 11 is 0. The molecule has 0 amide bonds. The standard InChI is InChI=1S/C10H14N6O2/c1-2-18-10(17)8-9(11)16(6-13-8)4-3-7-12-5-14-15-7/h5-6H,2-4,11H2,1H3,(H,12,14,15). The van der Waals surface area contributed by atoms with Crippen molar-refractivity contribution in [2.24, 2.45) is 0 Å². The van der Waals surface area contributed by atoms with Crippen LogP contribution >= 0.6 is 0 Å². The Balaban J connectivity index is 2.04. The number of esters is 1. The van der Waals surface area contributed by atoms with E-state index in [9.17, 15) is 4.79 Å². The van der Waals surface area contributed by atoms with Gasteiger partial charge in [0.1, 0.15) is 18.0 Å². The van der Waals surface area contributed by atoms with Crippen LogP contribution in [0.15, 0.2) is 12.7 Å². The Kier molecular flexibility index (Phi) is 3.56. The van der Waals surface area contributed by atoms with Gasteiger partial charge in [-0.2, -0.15) is 5.10 Å². The van der Waals surface area contributed by atoms with Crippen LogP contribution in [-0.2, 0) is 17.7 Å². The summed E-state index contributed by atoms with van der Waals surface area (Å²) in [4.78, 5) is 19.5. The first-order valence-corrected chi connectivity index (χ1v) is 5.54. The van der Waals surface area contributed by atoms with Crippen molar-refractivity contribution in [3.05, 3.63) is 24.2 Å². The van der Waals surface area contributed by atoms with Gasteiger partial charge in [0.25, 0.3) is 0 Å². The molecule has 18 heavy (non-hydrogen) atoms. The van der Waals surface area contributed by atoms with E-state index in [0.29, 0.717) is 25.4 Å². The number of hydrogen-bond acceptors (Lipinski definition) is 6. The molecule has 8 heteroatoms. The number of imidazole rings is 1. The summed E-state index contributed by atoms with van der Waals surface area (Å²) in [7, 11) is 0. The van der Waals surface area contributed by atoms with Crippen LogP contribution in [0.25, 0.3) is 0 Å². The van der Waals surface area contributed by atoms with Crippen molar-refractivity contribution in [1.29, 1.82) is 0 Å². The number of H-pyrrole nitrogens is 1. The minimum atomic E-state index is -0.506. The monoisotopic (exact) mass is 250 g/mol. The highest BCUT2D eigenvalue weighted by Gasteiger charge is 2.16. The zero-order valence-corrected chi connectivity index (χ0v) is 9.96. The third-order valence-electron chi connectivity index (χ3n) is 2.40. The predicted molar refractivity (Wildman–Crippen MR) is 62.7 cm³/mol. The molecule has 2 aromatic heterocycles. The van der Waals surface area contributed by atoms with Crippen molar-refractivity contribution in [2.45, 2.75) is 19.9 Å². The highest BCUT2D eigenvalue weighted by Crippen LogP contribution is 2.12. The van der Waals surface area contributed by atoms with Crippen LogP contribution in [0.4, 0.5) is 5.82 Å². The van der Waals surface area contributed by atoms with Gasteiger partial charge >= 0.3 is 5.97 Å². The van der Waals surface area contributed by atoms with Gasteiger partial charge in [0, 0.05) is 13.0 Å². The molecule has 0 atom stereocenters. The van der Waals surface area contributed by atoms with E-state index >= 15 is 0 Å². The fraction of sp³-hybridized carbons (Fsp3) is 0.400. The molecule has 0 fully saturated rings. The minimum Gasteiger partial charge on any atom is -0.461 e. The summed E-state index contributed by atoms with van der Waals surface area (Å²) in [5.41, 5.74) is 5.97. The number of rotatable bonds is 5. The molecule has 0 spiro atoms. The molecule has 0 aliphatic rings. The predicted octanol–water partition coefficient (Wildman–Crippen LogP) is 0.00280. The molecule has 0 saturated heterocycles. The van der Waals surface area contributed by atoms with Crippen LogP contribution < -0.4 is 5.73 Å². The van der Waals surface area contributed by atoms with E-state index < -0.39 is 5.97 Å². The Morgan fingerprint density at radius 3 is 3.06 bits per heavy atom. The van der Waals surface area contributed by atoms with Gasteiger partial charge < -0.3 is 15.0 Å². The van der Waals surface area contributed by atoms with Gasteiger partial charge in [0.05, 0.1) is 12.9 Å². The lowest BCUT2D eigenvalue weighted by molar-refractivity contribution is 0.0521. The van der Waals surface area contributed by atoms with Gasteiger partial charge in [-0.1, -0.05) is 0 Å². The zero-order valence-electron chi connectivity index (χ0n) is 9.96. The van der Waals surface area contributed by atoms with E-state index in [-0.39, 0.29) is 5.69 Å². The number of aromatic nitrogens is 5. The highest BCUT2D eigenvalue weighted by atomic mass is 16.5. The largest absolute Gasteiger partial charge is 0.461 e. The minimum absolute atomic E-state index is 0.148. The molecule has 3 N–H and O–H groups in total. The SMILES string of the molecule is CCOC(=O)c1ncn(CCc2ncn[nH]2)c1N. The van der Waals surface area contributed by atoms with E-state index in [4.69, 9.17) is 10.5 Å². The van der Waals surface area contributed by atoms with Crippen molar-refractivity contribution in [2.75, 3.05) is 12.3 Å². The lowest BCUT2D eigenvalue weighted by Crippen LogP contribution is -2.11. The summed E-state index contributed by atoms with van der Waals surface area (Å²) in [6.07, 6.45) is 3.58. The van der Waals surface area contributed by atoms with Gasteiger partial charge in [-0.05, 0) is 6.92 Å². The van der Waals surface area contributed by atoms with Crippen LogP contribution in [0, 0.1) is 0 Å². The number of aromatic amines is 1. The van der Waals surface area contributed by atoms with E-state index in [1.807, 2.05) is 0 Å². The molecule has 2 aromatic rings. The number of nitrogens with zero attached hydrogens (tertiary/aromatic N) is 4. The second-order valence-corrected chi connectivity index (χ2v) is 3.57. The summed E-state index contributed by atoms with van der Waals surface area (Å²) in [6, 6.07) is 0. The number of nitrogens with two attached hydrogens (primary N) is 1. The van der Waals surface area contributed by atoms with Gasteiger partial charge in [0.2, 0.25) is 0 Å². The van der Waals surface area contributed by atoms with Crippen LogP contribution in [-0.4, -0.2) is 37.3 Å². The number of anilines is 1. The molecule has 2 heterocycles. The summed E-state index contributed by atoms with van der Waals surface area (Å²) in [5, 5.41) is 6.50. The lowest BCUT2D eigenvalue weighted by atomic mass is 10.4. The summed E-state index contributed by atoms with van der Waals surface area (Å²) in [6.45, 7) is 2.59. The van der Waals surface area contributed by atoms with Crippen molar-refractivity contribution >= 4 is 11.8 Å².